The summed E-state index contributed by atoms with van der Waals surface area (Å²) in [4.78, 5) is 23.7. The minimum Gasteiger partial charge on any atom is -0.439 e. The number of aryl methyl sites for hydroxylation is 2. The molecule has 1 aromatic carbocycles. The predicted molar refractivity (Wildman–Crippen MR) is 90.3 cm³/mol. The molecule has 132 valence electrons. The molecule has 1 aromatic rings. The van der Waals surface area contributed by atoms with Crippen molar-refractivity contribution in [1.29, 1.82) is 0 Å². The quantitative estimate of drug-likeness (QED) is 0.575. The summed E-state index contributed by atoms with van der Waals surface area (Å²) in [7, 11) is 0. The number of hydrogen-bond acceptors (Lipinski definition) is 5. The molecule has 0 radical (unpaired) electrons. The maximum Gasteiger partial charge on any atom is 0.508 e. The fourth-order valence-corrected chi connectivity index (χ4v) is 2.89. The molecule has 1 aliphatic rings. The average Bonchev–Trinajstić information content (AvgIpc) is 2.53. The Bertz CT molecular complexity index is 581. The van der Waals surface area contributed by atoms with Crippen LogP contribution in [0.25, 0.3) is 0 Å². The van der Waals surface area contributed by atoms with Crippen LogP contribution in [0.3, 0.4) is 0 Å². The molecule has 1 atom stereocenters. The summed E-state index contributed by atoms with van der Waals surface area (Å²) in [6.07, 6.45) is 4.16. The minimum absolute atomic E-state index is 0.0854. The zero-order valence-corrected chi connectivity index (χ0v) is 14.8. The zero-order valence-electron chi connectivity index (χ0n) is 14.0. The summed E-state index contributed by atoms with van der Waals surface area (Å²) in [6, 6.07) is 5.40. The van der Waals surface area contributed by atoms with E-state index in [2.05, 4.69) is 0 Å². The maximum absolute atomic E-state index is 12.1. The van der Waals surface area contributed by atoms with Crippen molar-refractivity contribution in [3.63, 3.8) is 0 Å². The van der Waals surface area contributed by atoms with Gasteiger partial charge in [-0.3, -0.25) is 0 Å². The number of hydrogen-bond donors (Lipinski definition) is 0. The van der Waals surface area contributed by atoms with Gasteiger partial charge in [0.2, 0.25) is 5.56 Å². The molecule has 0 aliphatic heterocycles. The first kappa shape index (κ1) is 18.6. The molecule has 5 nitrogen and oxygen atoms in total. The molecule has 1 fully saturated rings. The Hall–Kier alpha value is -1.75. The van der Waals surface area contributed by atoms with Crippen LogP contribution in [0.15, 0.2) is 18.2 Å². The van der Waals surface area contributed by atoms with E-state index in [0.717, 1.165) is 36.8 Å². The Morgan fingerprint density at radius 1 is 1.21 bits per heavy atom. The Morgan fingerprint density at radius 3 is 2.58 bits per heavy atom. The van der Waals surface area contributed by atoms with Gasteiger partial charge in [0, 0.05) is 0 Å². The molecule has 6 heteroatoms. The van der Waals surface area contributed by atoms with Gasteiger partial charge in [-0.05, 0) is 51.2 Å². The van der Waals surface area contributed by atoms with Gasteiger partial charge in [0.05, 0.1) is 5.56 Å². The molecule has 0 bridgehead atoms. The molecule has 0 aromatic heterocycles. The second-order valence-electron chi connectivity index (χ2n) is 6.07. The van der Waals surface area contributed by atoms with Crippen molar-refractivity contribution in [2.45, 2.75) is 57.6 Å². The van der Waals surface area contributed by atoms with E-state index < -0.39 is 17.7 Å². The summed E-state index contributed by atoms with van der Waals surface area (Å²) < 4.78 is 15.2. The number of alkyl halides is 1. The first-order valence-corrected chi connectivity index (χ1v) is 8.65. The smallest absolute Gasteiger partial charge is 0.439 e. The number of esters is 1. The van der Waals surface area contributed by atoms with E-state index in [4.69, 9.17) is 25.8 Å². The number of halogens is 1. The second-order valence-corrected chi connectivity index (χ2v) is 6.56. The minimum atomic E-state index is -1.06. The topological polar surface area (TPSA) is 61.8 Å². The Labute approximate surface area is 147 Å². The first-order valence-electron chi connectivity index (χ1n) is 8.21. The van der Waals surface area contributed by atoms with Crippen LogP contribution < -0.4 is 0 Å². The molecule has 0 heterocycles. The van der Waals surface area contributed by atoms with Crippen molar-refractivity contribution in [3.05, 3.63) is 34.9 Å². The third-order valence-corrected chi connectivity index (χ3v) is 4.20. The number of benzene rings is 1. The van der Waals surface area contributed by atoms with Crippen LogP contribution >= 0.6 is 11.6 Å². The lowest BCUT2D eigenvalue weighted by molar-refractivity contribution is -0.00785. The van der Waals surface area contributed by atoms with Gasteiger partial charge in [-0.25, -0.2) is 9.59 Å². The van der Waals surface area contributed by atoms with Crippen molar-refractivity contribution < 1.29 is 23.8 Å². The summed E-state index contributed by atoms with van der Waals surface area (Å²) in [5.74, 6) is -0.545. The lowest BCUT2D eigenvalue weighted by Crippen LogP contribution is -2.25. The summed E-state index contributed by atoms with van der Waals surface area (Å²) in [5.41, 5.74) is 1.25. The van der Waals surface area contributed by atoms with Crippen LogP contribution in [0.4, 0.5) is 4.79 Å². The average molecular weight is 355 g/mol. The van der Waals surface area contributed by atoms with Gasteiger partial charge in [-0.2, -0.15) is 0 Å². The van der Waals surface area contributed by atoms with Gasteiger partial charge in [0.25, 0.3) is 0 Å². The molecule has 2 rings (SSSR count). The van der Waals surface area contributed by atoms with E-state index in [1.165, 1.54) is 6.42 Å². The van der Waals surface area contributed by atoms with E-state index >= 15 is 0 Å². The van der Waals surface area contributed by atoms with Gasteiger partial charge >= 0.3 is 12.1 Å². The van der Waals surface area contributed by atoms with E-state index in [0.29, 0.717) is 5.56 Å². The van der Waals surface area contributed by atoms with Crippen LogP contribution in [0, 0.1) is 13.8 Å². The molecule has 0 spiro atoms. The van der Waals surface area contributed by atoms with Crippen LogP contribution in [-0.4, -0.2) is 30.4 Å². The lowest BCUT2D eigenvalue weighted by Gasteiger charge is -2.21. The number of carbonyl (C=O) groups excluding carboxylic acids is 2. The molecular weight excluding hydrogens is 332 g/mol. The summed E-state index contributed by atoms with van der Waals surface area (Å²) >= 11 is 5.92. The fraction of sp³-hybridized carbons (Fsp3) is 0.556. The Balaban J connectivity index is 1.74. The molecule has 0 N–H and O–H groups in total. The highest BCUT2D eigenvalue weighted by Gasteiger charge is 2.21. The molecule has 0 saturated heterocycles. The molecular formula is C18H23ClO5. The second kappa shape index (κ2) is 8.92. The third-order valence-electron chi connectivity index (χ3n) is 3.98. The van der Waals surface area contributed by atoms with E-state index in [1.807, 2.05) is 26.0 Å². The van der Waals surface area contributed by atoms with Crippen molar-refractivity contribution >= 4 is 23.7 Å². The normalized spacial score (nSPS) is 16.3. The fourth-order valence-electron chi connectivity index (χ4n) is 2.74. The van der Waals surface area contributed by atoms with Gasteiger partial charge in [-0.1, -0.05) is 35.7 Å². The monoisotopic (exact) mass is 354 g/mol. The third kappa shape index (κ3) is 5.71. The highest BCUT2D eigenvalue weighted by atomic mass is 35.5. The molecule has 24 heavy (non-hydrogen) atoms. The van der Waals surface area contributed by atoms with Crippen LogP contribution in [0.5, 0.6) is 0 Å². The first-order chi connectivity index (χ1) is 11.5. The SMILES string of the molecule is Cc1ccc(C(=O)OC(Cl)COC(=O)OC2CCCCC2)c(C)c1. The van der Waals surface area contributed by atoms with Gasteiger partial charge in [0.1, 0.15) is 12.7 Å². The van der Waals surface area contributed by atoms with Crippen LogP contribution in [0.2, 0.25) is 0 Å². The van der Waals surface area contributed by atoms with Crippen LogP contribution in [-0.2, 0) is 14.2 Å². The number of ether oxygens (including phenoxy) is 3. The molecule has 1 aliphatic carbocycles. The Morgan fingerprint density at radius 2 is 1.92 bits per heavy atom. The zero-order chi connectivity index (χ0) is 17.5. The lowest BCUT2D eigenvalue weighted by atomic mass is 9.98. The van der Waals surface area contributed by atoms with E-state index in [9.17, 15) is 9.59 Å². The maximum atomic E-state index is 12.1. The molecule has 1 saturated carbocycles. The van der Waals surface area contributed by atoms with Crippen molar-refractivity contribution in [1.82, 2.24) is 0 Å². The van der Waals surface area contributed by atoms with Gasteiger partial charge in [-0.15, -0.1) is 0 Å². The van der Waals surface area contributed by atoms with Gasteiger partial charge < -0.3 is 14.2 Å². The van der Waals surface area contributed by atoms with E-state index in [1.54, 1.807) is 6.07 Å². The summed E-state index contributed by atoms with van der Waals surface area (Å²) in [6.45, 7) is 3.52. The van der Waals surface area contributed by atoms with Gasteiger partial charge in [0.15, 0.2) is 0 Å². The summed E-state index contributed by atoms with van der Waals surface area (Å²) in [5, 5.41) is 0. The standard InChI is InChI=1S/C18H23ClO5/c1-12-8-9-15(13(2)10-12)17(20)24-16(19)11-22-18(21)23-14-6-4-3-5-7-14/h8-10,14,16H,3-7,11H2,1-2H3. The van der Waals surface area contributed by atoms with Crippen molar-refractivity contribution in [2.75, 3.05) is 6.61 Å². The highest BCUT2D eigenvalue weighted by molar-refractivity contribution is 6.20. The predicted octanol–water partition coefficient (Wildman–Crippen LogP) is 4.51. The highest BCUT2D eigenvalue weighted by Crippen LogP contribution is 2.21. The number of rotatable bonds is 5. The van der Waals surface area contributed by atoms with E-state index in [-0.39, 0.29) is 12.7 Å². The molecule has 1 unspecified atom stereocenters. The van der Waals surface area contributed by atoms with Crippen molar-refractivity contribution in [3.8, 4) is 0 Å². The van der Waals surface area contributed by atoms with Crippen LogP contribution in [0.1, 0.15) is 53.6 Å². The molecule has 0 amide bonds. The number of carbonyl (C=O) groups is 2. The Kier molecular flexibility index (Phi) is 6.91. The van der Waals surface area contributed by atoms with Crippen molar-refractivity contribution in [2.24, 2.45) is 0 Å². The largest absolute Gasteiger partial charge is 0.508 e.